The Morgan fingerprint density at radius 1 is 1.50 bits per heavy atom. The van der Waals surface area contributed by atoms with Crippen molar-refractivity contribution in [2.75, 3.05) is 11.9 Å². The molecule has 0 amide bonds. The molecule has 0 radical (unpaired) electrons. The summed E-state index contributed by atoms with van der Waals surface area (Å²) < 4.78 is 0. The zero-order valence-electron chi connectivity index (χ0n) is 10.5. The number of aromatic carboxylic acids is 1. The summed E-state index contributed by atoms with van der Waals surface area (Å²) in [4.78, 5) is 10.8. The smallest absolute Gasteiger partial charge is 0.337 e. The first-order chi connectivity index (χ1) is 8.41. The first-order valence-corrected chi connectivity index (χ1v) is 6.21. The number of aliphatic hydroxyl groups excluding tert-OH is 1. The summed E-state index contributed by atoms with van der Waals surface area (Å²) in [5.41, 5.74) is 0.605. The van der Waals surface area contributed by atoms with Gasteiger partial charge in [0.1, 0.15) is 0 Å². The van der Waals surface area contributed by atoms with Crippen molar-refractivity contribution in [3.63, 3.8) is 0 Å². The Morgan fingerprint density at radius 2 is 2.17 bits per heavy atom. The number of carboxylic acid groups (broad SMARTS) is 1. The van der Waals surface area contributed by atoms with Crippen LogP contribution in [0, 0.1) is 0 Å². The van der Waals surface area contributed by atoms with Crippen LogP contribution in [0.4, 0.5) is 5.69 Å². The van der Waals surface area contributed by atoms with Crippen molar-refractivity contribution in [3.05, 3.63) is 28.8 Å². The summed E-state index contributed by atoms with van der Waals surface area (Å²) >= 11 is 5.90. The molecule has 100 valence electrons. The van der Waals surface area contributed by atoms with Crippen LogP contribution in [0.25, 0.3) is 0 Å². The van der Waals surface area contributed by atoms with E-state index in [1.165, 1.54) is 6.07 Å². The van der Waals surface area contributed by atoms with E-state index in [0.717, 1.165) is 12.1 Å². The molecule has 0 saturated carbocycles. The highest BCUT2D eigenvalue weighted by Gasteiger charge is 2.21. The van der Waals surface area contributed by atoms with Gasteiger partial charge in [0.2, 0.25) is 0 Å². The molecule has 1 rings (SSSR count). The molecule has 0 aliphatic heterocycles. The number of benzene rings is 1. The van der Waals surface area contributed by atoms with Crippen LogP contribution in [-0.4, -0.2) is 28.3 Å². The number of hydrogen-bond donors (Lipinski definition) is 3. The van der Waals surface area contributed by atoms with Gasteiger partial charge in [-0.05, 0) is 38.0 Å². The van der Waals surface area contributed by atoms with Crippen LogP contribution in [0.3, 0.4) is 0 Å². The van der Waals surface area contributed by atoms with Gasteiger partial charge in [-0.25, -0.2) is 4.79 Å². The van der Waals surface area contributed by atoms with E-state index < -0.39 is 5.97 Å². The number of halogens is 1. The van der Waals surface area contributed by atoms with Gasteiger partial charge in [-0.1, -0.05) is 18.5 Å². The minimum absolute atomic E-state index is 0.0857. The summed E-state index contributed by atoms with van der Waals surface area (Å²) in [7, 11) is 0. The van der Waals surface area contributed by atoms with Gasteiger partial charge in [-0.3, -0.25) is 0 Å². The van der Waals surface area contributed by atoms with E-state index in [1.807, 2.05) is 13.8 Å². The van der Waals surface area contributed by atoms with Gasteiger partial charge in [-0.15, -0.1) is 0 Å². The highest BCUT2D eigenvalue weighted by Crippen LogP contribution is 2.26. The third kappa shape index (κ3) is 3.62. The molecule has 0 saturated heterocycles. The maximum atomic E-state index is 10.8. The average Bonchev–Trinajstić information content (AvgIpc) is 2.28. The Kier molecular flexibility index (Phi) is 4.99. The number of rotatable bonds is 6. The largest absolute Gasteiger partial charge is 0.478 e. The molecule has 4 nitrogen and oxygen atoms in total. The Bertz CT molecular complexity index is 436. The second kappa shape index (κ2) is 6.07. The molecule has 0 aromatic heterocycles. The number of hydrogen-bond acceptors (Lipinski definition) is 3. The molecule has 1 aromatic carbocycles. The normalized spacial score (nSPS) is 14.0. The standard InChI is InChI=1S/C13H18ClNO3/c1-3-13(2,6-7-16)15-9-4-5-10(12(17)18)11(14)8-9/h4-5,8,15-16H,3,6-7H2,1-2H3,(H,17,18). The molecule has 0 fully saturated rings. The van der Waals surface area contributed by atoms with Gasteiger partial charge in [0, 0.05) is 17.8 Å². The summed E-state index contributed by atoms with van der Waals surface area (Å²) in [5, 5.41) is 21.4. The molecular weight excluding hydrogens is 254 g/mol. The molecule has 0 spiro atoms. The van der Waals surface area contributed by atoms with Gasteiger partial charge < -0.3 is 15.5 Å². The van der Waals surface area contributed by atoms with E-state index in [-0.39, 0.29) is 22.7 Å². The topological polar surface area (TPSA) is 69.6 Å². The van der Waals surface area contributed by atoms with E-state index in [9.17, 15) is 4.79 Å². The van der Waals surface area contributed by atoms with Crippen molar-refractivity contribution < 1.29 is 15.0 Å². The maximum Gasteiger partial charge on any atom is 0.337 e. The molecule has 3 N–H and O–H groups in total. The second-order valence-electron chi connectivity index (χ2n) is 4.51. The highest BCUT2D eigenvalue weighted by molar-refractivity contribution is 6.33. The third-order valence-electron chi connectivity index (χ3n) is 3.09. The Balaban J connectivity index is 2.92. The summed E-state index contributed by atoms with van der Waals surface area (Å²) in [6.07, 6.45) is 1.45. The lowest BCUT2D eigenvalue weighted by Gasteiger charge is -2.30. The maximum absolute atomic E-state index is 10.8. The van der Waals surface area contributed by atoms with E-state index >= 15 is 0 Å². The lowest BCUT2D eigenvalue weighted by Crippen LogP contribution is -2.35. The molecule has 5 heteroatoms. The number of anilines is 1. The molecule has 0 heterocycles. The van der Waals surface area contributed by atoms with Gasteiger partial charge >= 0.3 is 5.97 Å². The van der Waals surface area contributed by atoms with Crippen LogP contribution in [0.2, 0.25) is 5.02 Å². The summed E-state index contributed by atoms with van der Waals surface area (Å²) in [6, 6.07) is 4.75. The predicted molar refractivity (Wildman–Crippen MR) is 72.4 cm³/mol. The van der Waals surface area contributed by atoms with E-state index in [0.29, 0.717) is 6.42 Å². The van der Waals surface area contributed by atoms with Gasteiger partial charge in [0.05, 0.1) is 10.6 Å². The van der Waals surface area contributed by atoms with E-state index in [4.69, 9.17) is 21.8 Å². The van der Waals surface area contributed by atoms with Gasteiger partial charge in [-0.2, -0.15) is 0 Å². The van der Waals surface area contributed by atoms with E-state index in [1.54, 1.807) is 12.1 Å². The minimum Gasteiger partial charge on any atom is -0.478 e. The fourth-order valence-electron chi connectivity index (χ4n) is 1.69. The zero-order chi connectivity index (χ0) is 13.8. The van der Waals surface area contributed by atoms with Crippen LogP contribution in [0.5, 0.6) is 0 Å². The van der Waals surface area contributed by atoms with Crippen LogP contribution in [0.15, 0.2) is 18.2 Å². The third-order valence-corrected chi connectivity index (χ3v) is 3.40. The molecule has 18 heavy (non-hydrogen) atoms. The first kappa shape index (κ1) is 14.8. The quantitative estimate of drug-likeness (QED) is 0.744. The molecule has 1 aromatic rings. The highest BCUT2D eigenvalue weighted by atomic mass is 35.5. The van der Waals surface area contributed by atoms with E-state index in [2.05, 4.69) is 5.32 Å². The van der Waals surface area contributed by atoms with Crippen molar-refractivity contribution in [2.24, 2.45) is 0 Å². The van der Waals surface area contributed by atoms with Crippen molar-refractivity contribution in [3.8, 4) is 0 Å². The lowest BCUT2D eigenvalue weighted by molar-refractivity contribution is 0.0697. The molecule has 1 atom stereocenters. The Labute approximate surface area is 112 Å². The van der Waals surface area contributed by atoms with Crippen LogP contribution >= 0.6 is 11.6 Å². The summed E-state index contributed by atoms with van der Waals surface area (Å²) in [6.45, 7) is 4.12. The first-order valence-electron chi connectivity index (χ1n) is 5.84. The number of aliphatic hydroxyl groups is 1. The molecular formula is C13H18ClNO3. The monoisotopic (exact) mass is 271 g/mol. The molecule has 1 unspecified atom stereocenters. The molecule has 0 aliphatic rings. The molecule has 0 bridgehead atoms. The second-order valence-corrected chi connectivity index (χ2v) is 4.92. The Morgan fingerprint density at radius 3 is 2.61 bits per heavy atom. The van der Waals surface area contributed by atoms with Crippen LogP contribution in [0.1, 0.15) is 37.0 Å². The minimum atomic E-state index is -1.04. The zero-order valence-corrected chi connectivity index (χ0v) is 11.3. The predicted octanol–water partition coefficient (Wildman–Crippen LogP) is 3.00. The average molecular weight is 272 g/mol. The number of nitrogens with one attached hydrogen (secondary N) is 1. The summed E-state index contributed by atoms with van der Waals surface area (Å²) in [5.74, 6) is -1.04. The van der Waals surface area contributed by atoms with Gasteiger partial charge in [0.15, 0.2) is 0 Å². The van der Waals surface area contributed by atoms with Crippen molar-refractivity contribution in [1.29, 1.82) is 0 Å². The van der Waals surface area contributed by atoms with Gasteiger partial charge in [0.25, 0.3) is 0 Å². The van der Waals surface area contributed by atoms with Crippen LogP contribution < -0.4 is 5.32 Å². The fourth-order valence-corrected chi connectivity index (χ4v) is 1.95. The SMILES string of the molecule is CCC(C)(CCO)Nc1ccc(C(=O)O)c(Cl)c1. The van der Waals surface area contributed by atoms with Crippen molar-refractivity contribution in [1.82, 2.24) is 0 Å². The fraction of sp³-hybridized carbons (Fsp3) is 0.462. The lowest BCUT2D eigenvalue weighted by atomic mass is 9.94. The van der Waals surface area contributed by atoms with Crippen LogP contribution in [-0.2, 0) is 0 Å². The number of carboxylic acids is 1. The molecule has 0 aliphatic carbocycles. The van der Waals surface area contributed by atoms with Crippen molar-refractivity contribution >= 4 is 23.3 Å². The van der Waals surface area contributed by atoms with Crippen molar-refractivity contribution in [2.45, 2.75) is 32.2 Å². The number of carbonyl (C=O) groups is 1. The Hall–Kier alpha value is -1.26.